The number of rotatable bonds is 2. The minimum atomic E-state index is -4.46. The Balaban J connectivity index is 3.03. The number of benzene rings is 1. The fourth-order valence-electron chi connectivity index (χ4n) is 1.28. The zero-order chi connectivity index (χ0) is 17.2. The third kappa shape index (κ3) is 3.98. The van der Waals surface area contributed by atoms with Crippen LogP contribution in [0.3, 0.4) is 0 Å². The van der Waals surface area contributed by atoms with Gasteiger partial charge in [-0.3, -0.25) is 5.43 Å². The lowest BCUT2D eigenvalue weighted by Gasteiger charge is -2.17. The SMILES string of the molecule is CC(C)(C)S(=O)(=O)/C(C#N)=N/Nc1ccc(C(F)(F)F)cc1. The minimum Gasteiger partial charge on any atom is -0.277 e. The number of nitrogens with one attached hydrogen (secondary N) is 1. The van der Waals surface area contributed by atoms with Crippen molar-refractivity contribution in [2.45, 2.75) is 31.7 Å². The topological polar surface area (TPSA) is 82.3 Å². The van der Waals surface area contributed by atoms with Gasteiger partial charge in [-0.1, -0.05) is 0 Å². The second kappa shape index (κ2) is 5.96. The molecule has 0 spiro atoms. The fourth-order valence-corrected chi connectivity index (χ4v) is 2.15. The monoisotopic (exact) mass is 333 g/mol. The minimum absolute atomic E-state index is 0.129. The van der Waals surface area contributed by atoms with Crippen LogP contribution in [0.1, 0.15) is 26.3 Å². The second-order valence-corrected chi connectivity index (χ2v) is 7.95. The molecule has 120 valence electrons. The molecule has 0 fully saturated rings. The molecule has 1 rings (SSSR count). The van der Waals surface area contributed by atoms with Gasteiger partial charge in [-0.25, -0.2) is 8.42 Å². The molecule has 5 nitrogen and oxygen atoms in total. The van der Waals surface area contributed by atoms with E-state index in [4.69, 9.17) is 5.26 Å². The van der Waals surface area contributed by atoms with E-state index in [1.807, 2.05) is 0 Å². The Bertz CT molecular complexity index is 709. The molecule has 0 amide bonds. The summed E-state index contributed by atoms with van der Waals surface area (Å²) >= 11 is 0. The number of anilines is 1. The number of sulfone groups is 1. The molecule has 0 heterocycles. The molecule has 0 unspecified atom stereocenters. The molecule has 22 heavy (non-hydrogen) atoms. The smallest absolute Gasteiger partial charge is 0.277 e. The van der Waals surface area contributed by atoms with Gasteiger partial charge in [0.25, 0.3) is 5.04 Å². The van der Waals surface area contributed by atoms with E-state index >= 15 is 0 Å². The standard InChI is InChI=1S/C13H14F3N3O2S/c1-12(2,3)22(20,21)11(8-17)19-18-10-6-4-9(5-7-10)13(14,15)16/h4-7,18H,1-3H3/b19-11+. The maximum atomic E-state index is 12.4. The highest BCUT2D eigenvalue weighted by molar-refractivity contribution is 8.08. The summed E-state index contributed by atoms with van der Waals surface area (Å²) in [5, 5.41) is 11.6. The van der Waals surface area contributed by atoms with E-state index in [2.05, 4.69) is 10.5 Å². The molecule has 1 aromatic carbocycles. The highest BCUT2D eigenvalue weighted by Crippen LogP contribution is 2.29. The van der Waals surface area contributed by atoms with Crippen LogP contribution in [0, 0.1) is 11.3 Å². The average Bonchev–Trinajstić information content (AvgIpc) is 2.37. The number of nitrogens with zero attached hydrogens (tertiary/aromatic N) is 2. The molecule has 0 aromatic heterocycles. The molecule has 0 atom stereocenters. The molecule has 0 bridgehead atoms. The third-order valence-electron chi connectivity index (χ3n) is 2.66. The number of hydrogen-bond acceptors (Lipinski definition) is 5. The summed E-state index contributed by atoms with van der Waals surface area (Å²) in [6.07, 6.45) is -4.46. The van der Waals surface area contributed by atoms with Crippen molar-refractivity contribution in [2.75, 3.05) is 5.43 Å². The molecule has 0 radical (unpaired) electrons. The molecule has 1 N–H and O–H groups in total. The Hall–Kier alpha value is -2.08. The van der Waals surface area contributed by atoms with Crippen molar-refractivity contribution in [2.24, 2.45) is 5.10 Å². The van der Waals surface area contributed by atoms with E-state index in [0.29, 0.717) is 0 Å². The van der Waals surface area contributed by atoms with Gasteiger partial charge >= 0.3 is 6.18 Å². The summed E-state index contributed by atoms with van der Waals surface area (Å²) in [7, 11) is -3.94. The number of hydrazone groups is 1. The van der Waals surface area contributed by atoms with Gasteiger partial charge in [0.1, 0.15) is 6.07 Å². The van der Waals surface area contributed by atoms with Crippen molar-refractivity contribution in [1.82, 2.24) is 0 Å². The Labute approximate surface area is 126 Å². The predicted molar refractivity (Wildman–Crippen MR) is 76.8 cm³/mol. The van der Waals surface area contributed by atoms with Crippen LogP contribution >= 0.6 is 0 Å². The van der Waals surface area contributed by atoms with Gasteiger partial charge < -0.3 is 0 Å². The quantitative estimate of drug-likeness (QED) is 0.512. The summed E-state index contributed by atoms with van der Waals surface area (Å²) < 4.78 is 60.1. The normalized spacial score (nSPS) is 13.6. The van der Waals surface area contributed by atoms with Crippen molar-refractivity contribution in [3.05, 3.63) is 29.8 Å². The van der Waals surface area contributed by atoms with Crippen molar-refractivity contribution >= 4 is 20.6 Å². The van der Waals surface area contributed by atoms with Gasteiger partial charge in [0.15, 0.2) is 0 Å². The van der Waals surface area contributed by atoms with E-state index in [-0.39, 0.29) is 5.69 Å². The summed E-state index contributed by atoms with van der Waals surface area (Å²) in [6, 6.07) is 5.29. The number of hydrogen-bond donors (Lipinski definition) is 1. The number of alkyl halides is 3. The van der Waals surface area contributed by atoms with E-state index in [0.717, 1.165) is 24.3 Å². The van der Waals surface area contributed by atoms with Crippen LogP contribution in [0.25, 0.3) is 0 Å². The molecular weight excluding hydrogens is 319 g/mol. The largest absolute Gasteiger partial charge is 0.416 e. The Kier molecular flexibility index (Phi) is 4.87. The van der Waals surface area contributed by atoms with Crippen molar-refractivity contribution < 1.29 is 21.6 Å². The Morgan fingerprint density at radius 2 is 1.68 bits per heavy atom. The molecule has 0 aliphatic heterocycles. The van der Waals surface area contributed by atoms with Crippen molar-refractivity contribution in [1.29, 1.82) is 5.26 Å². The lowest BCUT2D eigenvalue weighted by atomic mass is 10.2. The van der Waals surface area contributed by atoms with Crippen LogP contribution in [-0.4, -0.2) is 18.2 Å². The molecule has 9 heteroatoms. The third-order valence-corrected chi connectivity index (χ3v) is 4.96. The van der Waals surface area contributed by atoms with Crippen LogP contribution in [0.4, 0.5) is 18.9 Å². The highest BCUT2D eigenvalue weighted by atomic mass is 32.2. The first-order valence-corrected chi connectivity index (χ1v) is 7.53. The van der Waals surface area contributed by atoms with Crippen LogP contribution in [0.15, 0.2) is 29.4 Å². The first kappa shape index (κ1) is 18.0. The van der Waals surface area contributed by atoms with Crippen LogP contribution in [0.5, 0.6) is 0 Å². The zero-order valence-corrected chi connectivity index (χ0v) is 12.9. The fraction of sp³-hybridized carbons (Fsp3) is 0.385. The predicted octanol–water partition coefficient (Wildman–Crippen LogP) is 3.17. The maximum Gasteiger partial charge on any atom is 0.416 e. The molecule has 1 aromatic rings. The summed E-state index contributed by atoms with van der Waals surface area (Å²) in [4.78, 5) is 0. The molecular formula is C13H14F3N3O2S. The Morgan fingerprint density at radius 3 is 2.05 bits per heavy atom. The average molecular weight is 333 g/mol. The molecule has 0 saturated heterocycles. The van der Waals surface area contributed by atoms with E-state index in [1.54, 1.807) is 0 Å². The summed E-state index contributed by atoms with van der Waals surface area (Å²) in [5.74, 6) is 0. The van der Waals surface area contributed by atoms with Crippen LogP contribution < -0.4 is 5.43 Å². The van der Waals surface area contributed by atoms with Gasteiger partial charge in [-0.05, 0) is 45.0 Å². The first-order chi connectivity index (χ1) is 9.89. The first-order valence-electron chi connectivity index (χ1n) is 6.05. The molecule has 0 aliphatic rings. The van der Waals surface area contributed by atoms with Gasteiger partial charge in [0, 0.05) is 0 Å². The van der Waals surface area contributed by atoms with Crippen LogP contribution in [0.2, 0.25) is 0 Å². The zero-order valence-electron chi connectivity index (χ0n) is 12.1. The van der Waals surface area contributed by atoms with E-state index in [9.17, 15) is 21.6 Å². The van der Waals surface area contributed by atoms with Gasteiger partial charge in [-0.15, -0.1) is 0 Å². The molecule has 0 aliphatic carbocycles. The van der Waals surface area contributed by atoms with Gasteiger partial charge in [-0.2, -0.15) is 23.5 Å². The highest BCUT2D eigenvalue weighted by Gasteiger charge is 2.35. The van der Waals surface area contributed by atoms with Gasteiger partial charge in [0.05, 0.1) is 16.0 Å². The lowest BCUT2D eigenvalue weighted by Crippen LogP contribution is -2.34. The van der Waals surface area contributed by atoms with Crippen LogP contribution in [-0.2, 0) is 16.0 Å². The lowest BCUT2D eigenvalue weighted by molar-refractivity contribution is -0.137. The van der Waals surface area contributed by atoms with Crippen molar-refractivity contribution in [3.8, 4) is 6.07 Å². The molecule has 0 saturated carbocycles. The van der Waals surface area contributed by atoms with E-state index in [1.165, 1.54) is 26.8 Å². The summed E-state index contributed by atoms with van der Waals surface area (Å²) in [6.45, 7) is 4.23. The van der Waals surface area contributed by atoms with Gasteiger partial charge in [0.2, 0.25) is 9.84 Å². The Morgan fingerprint density at radius 1 is 1.18 bits per heavy atom. The van der Waals surface area contributed by atoms with Crippen molar-refractivity contribution in [3.63, 3.8) is 0 Å². The maximum absolute atomic E-state index is 12.4. The van der Waals surface area contributed by atoms with E-state index < -0.39 is 31.4 Å². The number of nitriles is 1. The summed E-state index contributed by atoms with van der Waals surface area (Å²) in [5.41, 5.74) is 1.56. The number of halogens is 3. The second-order valence-electron chi connectivity index (χ2n) is 5.33.